The number of halogens is 1. The van der Waals surface area contributed by atoms with Crippen molar-refractivity contribution >= 4 is 0 Å². The number of nitrogens with zero attached hydrogens (tertiary/aromatic N) is 1. The third-order valence-electron chi connectivity index (χ3n) is 0.894. The van der Waals surface area contributed by atoms with Crippen LogP contribution in [0.1, 0.15) is 13.3 Å². The number of aliphatic hydroxyl groups is 1. The maximum atomic E-state index is 7.00. The van der Waals surface area contributed by atoms with E-state index in [9.17, 15) is 0 Å². The lowest BCUT2D eigenvalue weighted by molar-refractivity contribution is -0.870. The number of aliphatic hydroxyl groups excluding tert-OH is 1. The summed E-state index contributed by atoms with van der Waals surface area (Å²) in [5, 5.41) is 7.00. The van der Waals surface area contributed by atoms with E-state index in [4.69, 9.17) is 5.11 Å². The van der Waals surface area contributed by atoms with Crippen molar-refractivity contribution in [3.8, 4) is 0 Å². The van der Waals surface area contributed by atoms with Gasteiger partial charge in [-0.3, -0.25) is 0 Å². The van der Waals surface area contributed by atoms with Crippen LogP contribution in [0, 0.1) is 0 Å². The zero-order valence-corrected chi connectivity index (χ0v) is 8.44. The molecule has 0 saturated carbocycles. The molecule has 0 rings (SSSR count). The minimum atomic E-state index is 0. The SMILES string of the molecule is CCC[N+](C)(C)C.CO.[Cl-]. The van der Waals surface area contributed by atoms with Crippen molar-refractivity contribution in [2.45, 2.75) is 13.3 Å². The Morgan fingerprint density at radius 2 is 1.40 bits per heavy atom. The second-order valence-electron chi connectivity index (χ2n) is 3.01. The second-order valence-corrected chi connectivity index (χ2v) is 3.01. The fraction of sp³-hybridized carbons (Fsp3) is 1.00. The maximum absolute atomic E-state index is 7.00. The standard InChI is InChI=1S/C6H16N.CH4O.ClH/c1-5-6-7(2,3)4;1-2;/h5-6H2,1-4H3;2H,1H3;1H/q+1;;/p-1. The largest absolute Gasteiger partial charge is 1.00 e. The molecule has 66 valence electrons. The molecular formula is C7H20ClNO. The van der Waals surface area contributed by atoms with Gasteiger partial charge in [-0.25, -0.2) is 0 Å². The van der Waals surface area contributed by atoms with Crippen molar-refractivity contribution in [2.75, 3.05) is 34.8 Å². The zero-order chi connectivity index (χ0) is 7.91. The third kappa shape index (κ3) is 24.1. The van der Waals surface area contributed by atoms with Gasteiger partial charge in [0.1, 0.15) is 0 Å². The molecule has 0 aromatic carbocycles. The van der Waals surface area contributed by atoms with E-state index in [0.717, 1.165) is 11.6 Å². The molecule has 0 fully saturated rings. The van der Waals surface area contributed by atoms with Crippen molar-refractivity contribution in [3.05, 3.63) is 0 Å². The summed E-state index contributed by atoms with van der Waals surface area (Å²) < 4.78 is 1.09. The highest BCUT2D eigenvalue weighted by Crippen LogP contribution is 1.90. The Balaban J connectivity index is -0.000000149. The predicted octanol–water partition coefficient (Wildman–Crippen LogP) is -2.28. The van der Waals surface area contributed by atoms with Crippen LogP contribution in [0.15, 0.2) is 0 Å². The molecule has 0 bridgehead atoms. The molecule has 10 heavy (non-hydrogen) atoms. The smallest absolute Gasteiger partial charge is 0.0777 e. The summed E-state index contributed by atoms with van der Waals surface area (Å²) in [7, 11) is 7.64. The first-order valence-corrected chi connectivity index (χ1v) is 3.31. The van der Waals surface area contributed by atoms with E-state index < -0.39 is 0 Å². The molecule has 0 heterocycles. The molecule has 0 amide bonds. The molecule has 0 unspecified atom stereocenters. The Bertz CT molecular complexity index is 52.1. The van der Waals surface area contributed by atoms with E-state index in [1.54, 1.807) is 0 Å². The van der Waals surface area contributed by atoms with Crippen LogP contribution in [-0.4, -0.2) is 44.4 Å². The second kappa shape index (κ2) is 9.21. The third-order valence-corrected chi connectivity index (χ3v) is 0.894. The monoisotopic (exact) mass is 169 g/mol. The average molecular weight is 170 g/mol. The first kappa shape index (κ1) is 16.7. The van der Waals surface area contributed by atoms with E-state index in [2.05, 4.69) is 28.1 Å². The fourth-order valence-electron chi connectivity index (χ4n) is 0.671. The molecule has 3 heteroatoms. The van der Waals surface area contributed by atoms with Gasteiger partial charge in [0.15, 0.2) is 0 Å². The van der Waals surface area contributed by atoms with Crippen LogP contribution in [0.3, 0.4) is 0 Å². The molecule has 0 aliphatic carbocycles. The molecule has 0 atom stereocenters. The van der Waals surface area contributed by atoms with Gasteiger partial charge in [-0.05, 0) is 6.42 Å². The van der Waals surface area contributed by atoms with Crippen LogP contribution in [0.25, 0.3) is 0 Å². The van der Waals surface area contributed by atoms with E-state index in [0.29, 0.717) is 0 Å². The highest BCUT2D eigenvalue weighted by Gasteiger charge is 2.01. The topological polar surface area (TPSA) is 20.2 Å². The summed E-state index contributed by atoms with van der Waals surface area (Å²) in [5.41, 5.74) is 0. The Kier molecular flexibility index (Phi) is 15.3. The summed E-state index contributed by atoms with van der Waals surface area (Å²) in [4.78, 5) is 0. The zero-order valence-electron chi connectivity index (χ0n) is 7.69. The predicted molar refractivity (Wildman–Crippen MR) is 41.3 cm³/mol. The van der Waals surface area contributed by atoms with Crippen LogP contribution in [-0.2, 0) is 0 Å². The van der Waals surface area contributed by atoms with Gasteiger partial charge in [-0.1, -0.05) is 6.92 Å². The summed E-state index contributed by atoms with van der Waals surface area (Å²) >= 11 is 0. The summed E-state index contributed by atoms with van der Waals surface area (Å²) in [6.45, 7) is 3.49. The molecule has 0 aromatic heterocycles. The Labute approximate surface area is 70.9 Å². The van der Waals surface area contributed by atoms with E-state index >= 15 is 0 Å². The Morgan fingerprint density at radius 3 is 1.40 bits per heavy atom. The lowest BCUT2D eigenvalue weighted by Crippen LogP contribution is -3.00. The van der Waals surface area contributed by atoms with Crippen molar-refractivity contribution in [1.82, 2.24) is 0 Å². The number of quaternary nitrogens is 1. The first-order chi connectivity index (χ1) is 4.06. The van der Waals surface area contributed by atoms with Crippen molar-refractivity contribution in [3.63, 3.8) is 0 Å². The molecule has 1 N–H and O–H groups in total. The maximum Gasteiger partial charge on any atom is 0.0777 e. The van der Waals surface area contributed by atoms with Crippen molar-refractivity contribution in [2.24, 2.45) is 0 Å². The van der Waals surface area contributed by atoms with Crippen LogP contribution in [0.4, 0.5) is 0 Å². The molecule has 0 saturated heterocycles. The molecule has 2 nitrogen and oxygen atoms in total. The van der Waals surface area contributed by atoms with Gasteiger partial charge in [0.2, 0.25) is 0 Å². The Hall–Kier alpha value is 0.210. The van der Waals surface area contributed by atoms with E-state index in [1.807, 2.05) is 0 Å². The van der Waals surface area contributed by atoms with Gasteiger partial charge in [-0.2, -0.15) is 0 Å². The number of hydrogen-bond acceptors (Lipinski definition) is 1. The van der Waals surface area contributed by atoms with Gasteiger partial charge in [0.25, 0.3) is 0 Å². The highest BCUT2D eigenvalue weighted by atomic mass is 35.5. The lowest BCUT2D eigenvalue weighted by atomic mass is 10.4. The molecule has 0 aliphatic rings. The fourth-order valence-corrected chi connectivity index (χ4v) is 0.671. The van der Waals surface area contributed by atoms with E-state index in [1.165, 1.54) is 13.0 Å². The molecule has 0 spiro atoms. The summed E-state index contributed by atoms with van der Waals surface area (Å²) in [5.74, 6) is 0. The highest BCUT2D eigenvalue weighted by molar-refractivity contribution is 4.20. The van der Waals surface area contributed by atoms with Gasteiger partial charge < -0.3 is 22.0 Å². The molecule has 0 aromatic rings. The van der Waals surface area contributed by atoms with Gasteiger partial charge in [0, 0.05) is 7.11 Å². The summed E-state index contributed by atoms with van der Waals surface area (Å²) in [6, 6.07) is 0. The van der Waals surface area contributed by atoms with Gasteiger partial charge >= 0.3 is 0 Å². The lowest BCUT2D eigenvalue weighted by Gasteiger charge is -2.22. The van der Waals surface area contributed by atoms with Crippen LogP contribution < -0.4 is 12.4 Å². The molecular weight excluding hydrogens is 150 g/mol. The van der Waals surface area contributed by atoms with Crippen LogP contribution >= 0.6 is 0 Å². The van der Waals surface area contributed by atoms with Crippen LogP contribution in [0.2, 0.25) is 0 Å². The van der Waals surface area contributed by atoms with Gasteiger partial charge in [0.05, 0.1) is 27.7 Å². The van der Waals surface area contributed by atoms with Crippen LogP contribution in [0.5, 0.6) is 0 Å². The normalized spacial score (nSPS) is 9.00. The molecule has 0 radical (unpaired) electrons. The quantitative estimate of drug-likeness (QED) is 0.462. The summed E-state index contributed by atoms with van der Waals surface area (Å²) in [6.07, 6.45) is 1.28. The van der Waals surface area contributed by atoms with Gasteiger partial charge in [-0.15, -0.1) is 0 Å². The number of hydrogen-bond donors (Lipinski definition) is 1. The van der Waals surface area contributed by atoms with Crippen molar-refractivity contribution < 1.29 is 22.0 Å². The first-order valence-electron chi connectivity index (χ1n) is 3.31. The molecule has 0 aliphatic heterocycles. The average Bonchev–Trinajstić information content (AvgIpc) is 1.69. The number of rotatable bonds is 2. The minimum Gasteiger partial charge on any atom is -1.00 e. The van der Waals surface area contributed by atoms with E-state index in [-0.39, 0.29) is 12.4 Å². The minimum absolute atomic E-state index is 0. The van der Waals surface area contributed by atoms with Crippen molar-refractivity contribution in [1.29, 1.82) is 0 Å². The Morgan fingerprint density at radius 1 is 1.10 bits per heavy atom.